The number of aromatic carboxylic acids is 1. The van der Waals surface area contributed by atoms with Crippen LogP contribution < -0.4 is 0 Å². The van der Waals surface area contributed by atoms with E-state index in [1.165, 1.54) is 4.31 Å². The van der Waals surface area contributed by atoms with Gasteiger partial charge in [0.1, 0.15) is 9.77 Å². The Balaban J connectivity index is 3.14. The van der Waals surface area contributed by atoms with E-state index in [9.17, 15) is 13.2 Å². The van der Waals surface area contributed by atoms with Crippen LogP contribution in [-0.4, -0.2) is 50.1 Å². The van der Waals surface area contributed by atoms with Gasteiger partial charge in [0.25, 0.3) is 0 Å². The molecule has 0 aliphatic heterocycles. The molecule has 0 bridgehead atoms. The lowest BCUT2D eigenvalue weighted by atomic mass is 10.3. The molecular weight excluding hydrogens is 302 g/mol. The Bertz CT molecular complexity index is 564. The minimum Gasteiger partial charge on any atom is -0.477 e. The van der Waals surface area contributed by atoms with E-state index >= 15 is 0 Å². The summed E-state index contributed by atoms with van der Waals surface area (Å²) in [6, 6.07) is 0. The number of hydrogen-bond donors (Lipinski definition) is 1. The molecule has 1 aromatic heterocycles. The summed E-state index contributed by atoms with van der Waals surface area (Å²) in [6.45, 7) is 6.42. The first-order valence-electron chi connectivity index (χ1n) is 6.25. The molecule has 0 spiro atoms. The summed E-state index contributed by atoms with van der Waals surface area (Å²) in [6.07, 6.45) is 0. The van der Waals surface area contributed by atoms with E-state index in [1.54, 1.807) is 19.2 Å². The first-order chi connectivity index (χ1) is 9.36. The third kappa shape index (κ3) is 3.57. The van der Waals surface area contributed by atoms with Gasteiger partial charge < -0.3 is 9.84 Å². The van der Waals surface area contributed by atoms with Gasteiger partial charge in [-0.3, -0.25) is 0 Å². The van der Waals surface area contributed by atoms with Gasteiger partial charge in [-0.15, -0.1) is 11.3 Å². The number of sulfonamides is 1. The van der Waals surface area contributed by atoms with Crippen LogP contribution >= 0.6 is 11.3 Å². The number of ether oxygens (including phenoxy) is 1. The Hall–Kier alpha value is -0.960. The summed E-state index contributed by atoms with van der Waals surface area (Å²) in [5.74, 6) is -1.22. The third-order valence-electron chi connectivity index (χ3n) is 2.75. The van der Waals surface area contributed by atoms with E-state index < -0.39 is 16.0 Å². The van der Waals surface area contributed by atoms with E-state index in [2.05, 4.69) is 0 Å². The normalized spacial score (nSPS) is 12.0. The van der Waals surface area contributed by atoms with Gasteiger partial charge in [-0.1, -0.05) is 6.92 Å². The number of carboxylic acid groups (broad SMARTS) is 1. The Labute approximate surface area is 123 Å². The quantitative estimate of drug-likeness (QED) is 0.738. The highest BCUT2D eigenvalue weighted by Crippen LogP contribution is 2.29. The van der Waals surface area contributed by atoms with Crippen molar-refractivity contribution in [2.75, 3.05) is 26.3 Å². The van der Waals surface area contributed by atoms with Gasteiger partial charge in [0.05, 0.1) is 6.61 Å². The number of carbonyl (C=O) groups is 1. The Morgan fingerprint density at radius 2 is 2.10 bits per heavy atom. The van der Waals surface area contributed by atoms with E-state index in [1.807, 2.05) is 6.92 Å². The molecule has 0 unspecified atom stereocenters. The van der Waals surface area contributed by atoms with Crippen molar-refractivity contribution in [1.82, 2.24) is 4.31 Å². The second-order valence-electron chi connectivity index (χ2n) is 4.08. The Morgan fingerprint density at radius 1 is 1.45 bits per heavy atom. The highest BCUT2D eigenvalue weighted by atomic mass is 32.2. The second-order valence-corrected chi connectivity index (χ2v) is 6.83. The van der Waals surface area contributed by atoms with Crippen LogP contribution in [0.15, 0.2) is 10.3 Å². The molecule has 6 nitrogen and oxygen atoms in total. The van der Waals surface area contributed by atoms with Gasteiger partial charge in [0.2, 0.25) is 10.0 Å². The predicted molar refractivity (Wildman–Crippen MR) is 76.9 cm³/mol. The maximum Gasteiger partial charge on any atom is 0.347 e. The second kappa shape index (κ2) is 7.16. The number of hydrogen-bond acceptors (Lipinski definition) is 5. The van der Waals surface area contributed by atoms with Crippen molar-refractivity contribution in [3.05, 3.63) is 15.8 Å². The van der Waals surface area contributed by atoms with Crippen molar-refractivity contribution in [1.29, 1.82) is 0 Å². The fraction of sp³-hybridized carbons (Fsp3) is 0.583. The monoisotopic (exact) mass is 321 g/mol. The molecule has 8 heteroatoms. The molecule has 1 heterocycles. The molecule has 1 rings (SSSR count). The van der Waals surface area contributed by atoms with E-state index in [-0.39, 0.29) is 29.5 Å². The van der Waals surface area contributed by atoms with Crippen LogP contribution in [0.3, 0.4) is 0 Å². The average molecular weight is 321 g/mol. The molecule has 0 aliphatic carbocycles. The molecular formula is C12H19NO5S2. The van der Waals surface area contributed by atoms with Crippen molar-refractivity contribution in [2.45, 2.75) is 25.7 Å². The van der Waals surface area contributed by atoms with Crippen molar-refractivity contribution in [3.63, 3.8) is 0 Å². The van der Waals surface area contributed by atoms with Crippen LogP contribution in [0.5, 0.6) is 0 Å². The van der Waals surface area contributed by atoms with Crippen molar-refractivity contribution in [2.24, 2.45) is 0 Å². The molecule has 0 amide bonds. The number of carboxylic acids is 1. The molecule has 0 radical (unpaired) electrons. The lowest BCUT2D eigenvalue weighted by molar-refractivity contribution is 0.0698. The number of rotatable bonds is 8. The number of thiophene rings is 1. The molecule has 0 saturated carbocycles. The molecule has 114 valence electrons. The highest BCUT2D eigenvalue weighted by Gasteiger charge is 2.31. The van der Waals surface area contributed by atoms with Crippen LogP contribution in [0.25, 0.3) is 0 Å². The molecule has 20 heavy (non-hydrogen) atoms. The zero-order valence-corrected chi connectivity index (χ0v) is 13.4. The average Bonchev–Trinajstić information content (AvgIpc) is 2.77. The number of nitrogens with zero attached hydrogens (tertiary/aromatic N) is 1. The highest BCUT2D eigenvalue weighted by molar-refractivity contribution is 7.89. The van der Waals surface area contributed by atoms with Gasteiger partial charge in [0.15, 0.2) is 0 Å². The minimum absolute atomic E-state index is 0.103. The van der Waals surface area contributed by atoms with Gasteiger partial charge in [-0.2, -0.15) is 4.31 Å². The zero-order chi connectivity index (χ0) is 15.3. The SMILES string of the molecule is CCOCCN(CC)S(=O)(=O)c1c(C)csc1C(=O)O. The summed E-state index contributed by atoms with van der Waals surface area (Å²) in [7, 11) is -3.81. The van der Waals surface area contributed by atoms with Gasteiger partial charge in [-0.25, -0.2) is 13.2 Å². The summed E-state index contributed by atoms with van der Waals surface area (Å²) in [5, 5.41) is 10.7. The maximum absolute atomic E-state index is 12.6. The lowest BCUT2D eigenvalue weighted by Crippen LogP contribution is -2.34. The standard InChI is InChI=1S/C12H19NO5S2/c1-4-13(6-7-18-5-2)20(16,17)11-9(3)8-19-10(11)12(14)15/h8H,4-7H2,1-3H3,(H,14,15). The molecule has 0 atom stereocenters. The Morgan fingerprint density at radius 3 is 2.60 bits per heavy atom. The molecule has 0 aliphatic rings. The van der Waals surface area contributed by atoms with E-state index in [0.29, 0.717) is 12.2 Å². The van der Waals surface area contributed by atoms with Crippen LogP contribution in [0.1, 0.15) is 29.1 Å². The van der Waals surface area contributed by atoms with E-state index in [4.69, 9.17) is 9.84 Å². The summed E-state index contributed by atoms with van der Waals surface area (Å²) in [5.41, 5.74) is 0.460. The van der Waals surface area contributed by atoms with Crippen molar-refractivity contribution >= 4 is 27.3 Å². The van der Waals surface area contributed by atoms with Gasteiger partial charge in [-0.05, 0) is 24.8 Å². The largest absolute Gasteiger partial charge is 0.477 e. The summed E-state index contributed by atoms with van der Waals surface area (Å²) < 4.78 is 31.6. The van der Waals surface area contributed by atoms with Crippen LogP contribution in [0, 0.1) is 6.92 Å². The third-order valence-corrected chi connectivity index (χ3v) is 6.13. The first kappa shape index (κ1) is 17.1. The smallest absolute Gasteiger partial charge is 0.347 e. The van der Waals surface area contributed by atoms with Crippen LogP contribution in [0.2, 0.25) is 0 Å². The lowest BCUT2D eigenvalue weighted by Gasteiger charge is -2.20. The van der Waals surface area contributed by atoms with E-state index in [0.717, 1.165) is 11.3 Å². The molecule has 0 aromatic carbocycles. The number of aryl methyl sites for hydroxylation is 1. The topological polar surface area (TPSA) is 83.9 Å². The first-order valence-corrected chi connectivity index (χ1v) is 8.57. The molecule has 0 saturated heterocycles. The van der Waals surface area contributed by atoms with Crippen LogP contribution in [0.4, 0.5) is 0 Å². The van der Waals surface area contributed by atoms with Crippen molar-refractivity contribution in [3.8, 4) is 0 Å². The molecule has 1 aromatic rings. The fourth-order valence-corrected chi connectivity index (χ4v) is 4.81. The zero-order valence-electron chi connectivity index (χ0n) is 11.7. The summed E-state index contributed by atoms with van der Waals surface area (Å²) >= 11 is 0.931. The molecule has 0 fully saturated rings. The molecule has 1 N–H and O–H groups in total. The van der Waals surface area contributed by atoms with Crippen LogP contribution in [-0.2, 0) is 14.8 Å². The van der Waals surface area contributed by atoms with Crippen molar-refractivity contribution < 1.29 is 23.1 Å². The Kier molecular flexibility index (Phi) is 6.12. The maximum atomic E-state index is 12.6. The van der Waals surface area contributed by atoms with Gasteiger partial charge in [0, 0.05) is 19.7 Å². The fourth-order valence-electron chi connectivity index (χ4n) is 1.79. The predicted octanol–water partition coefficient (Wildman–Crippen LogP) is 1.80. The minimum atomic E-state index is -3.81. The van der Waals surface area contributed by atoms with Gasteiger partial charge >= 0.3 is 5.97 Å². The number of likely N-dealkylation sites (N-methyl/N-ethyl adjacent to an activating group) is 1. The summed E-state index contributed by atoms with van der Waals surface area (Å²) in [4.78, 5) is 10.9.